The molecule has 0 aromatic carbocycles. The quantitative estimate of drug-likeness (QED) is 0.660. The van der Waals surface area contributed by atoms with Gasteiger partial charge in [0.25, 0.3) is 0 Å². The number of hydrogen-bond donors (Lipinski definition) is 0. The van der Waals surface area contributed by atoms with E-state index in [0.29, 0.717) is 19.4 Å². The van der Waals surface area contributed by atoms with Gasteiger partial charge in [0.1, 0.15) is 0 Å². The summed E-state index contributed by atoms with van der Waals surface area (Å²) in [6.07, 6.45) is 0.0989. The molecule has 1 nitrogen and oxygen atoms in total. The molecule has 90 valence electrons. The minimum atomic E-state index is -3.99. The standard InChI is InChI=1S/C11H19F3O/c1-15-7-3-5-9-4-2-6-10(8-9)11(12,13)14/h9-10H,2-8H2,1H3. The molecule has 4 heteroatoms. The summed E-state index contributed by atoms with van der Waals surface area (Å²) in [5.41, 5.74) is 0. The van der Waals surface area contributed by atoms with Gasteiger partial charge < -0.3 is 4.74 Å². The first kappa shape index (κ1) is 12.8. The van der Waals surface area contributed by atoms with Gasteiger partial charge in [-0.3, -0.25) is 0 Å². The molecule has 1 rings (SSSR count). The molecule has 0 aliphatic heterocycles. The van der Waals surface area contributed by atoms with Gasteiger partial charge in [0.2, 0.25) is 0 Å². The van der Waals surface area contributed by atoms with E-state index in [9.17, 15) is 13.2 Å². The van der Waals surface area contributed by atoms with Crippen LogP contribution in [0.2, 0.25) is 0 Å². The second kappa shape index (κ2) is 5.73. The Hall–Kier alpha value is -0.250. The van der Waals surface area contributed by atoms with E-state index in [-0.39, 0.29) is 5.92 Å². The van der Waals surface area contributed by atoms with Crippen molar-refractivity contribution in [1.29, 1.82) is 0 Å². The number of hydrogen-bond acceptors (Lipinski definition) is 1. The summed E-state index contributed by atoms with van der Waals surface area (Å²) in [7, 11) is 1.62. The molecule has 1 fully saturated rings. The van der Waals surface area contributed by atoms with Crippen LogP contribution >= 0.6 is 0 Å². The molecule has 15 heavy (non-hydrogen) atoms. The highest BCUT2D eigenvalue weighted by Crippen LogP contribution is 2.41. The summed E-state index contributed by atoms with van der Waals surface area (Å²) in [4.78, 5) is 0. The third kappa shape index (κ3) is 4.41. The Bertz CT molecular complexity index is 179. The summed E-state index contributed by atoms with van der Waals surface area (Å²) >= 11 is 0. The second-order valence-electron chi connectivity index (χ2n) is 4.41. The number of ether oxygens (including phenoxy) is 1. The minimum absolute atomic E-state index is 0.250. The highest BCUT2D eigenvalue weighted by Gasteiger charge is 2.41. The molecule has 0 spiro atoms. The zero-order valence-corrected chi connectivity index (χ0v) is 9.15. The Balaban J connectivity index is 2.29. The average Bonchev–Trinajstić information content (AvgIpc) is 2.17. The predicted molar refractivity (Wildman–Crippen MR) is 52.6 cm³/mol. The highest BCUT2D eigenvalue weighted by atomic mass is 19.4. The van der Waals surface area contributed by atoms with Gasteiger partial charge in [-0.15, -0.1) is 0 Å². The Morgan fingerprint density at radius 1 is 1.27 bits per heavy atom. The Morgan fingerprint density at radius 2 is 2.00 bits per heavy atom. The van der Waals surface area contributed by atoms with E-state index in [4.69, 9.17) is 4.74 Å². The van der Waals surface area contributed by atoms with Crippen molar-refractivity contribution in [2.24, 2.45) is 11.8 Å². The van der Waals surface area contributed by atoms with Crippen LogP contribution < -0.4 is 0 Å². The Labute approximate surface area is 89.0 Å². The molecule has 0 heterocycles. The first-order valence-corrected chi connectivity index (χ1v) is 5.59. The Morgan fingerprint density at radius 3 is 2.60 bits per heavy atom. The molecule has 0 saturated heterocycles. The fourth-order valence-corrected chi connectivity index (χ4v) is 2.37. The lowest BCUT2D eigenvalue weighted by molar-refractivity contribution is -0.186. The monoisotopic (exact) mass is 224 g/mol. The average molecular weight is 224 g/mol. The molecule has 0 N–H and O–H groups in total. The van der Waals surface area contributed by atoms with Gasteiger partial charge >= 0.3 is 6.18 Å². The van der Waals surface area contributed by atoms with E-state index in [2.05, 4.69) is 0 Å². The van der Waals surface area contributed by atoms with Crippen LogP contribution in [0.5, 0.6) is 0 Å². The molecule has 0 aromatic heterocycles. The van der Waals surface area contributed by atoms with E-state index in [1.807, 2.05) is 0 Å². The van der Waals surface area contributed by atoms with Gasteiger partial charge in [0.05, 0.1) is 5.92 Å². The van der Waals surface area contributed by atoms with E-state index in [0.717, 1.165) is 25.7 Å². The highest BCUT2D eigenvalue weighted by molar-refractivity contribution is 4.77. The molecule has 1 saturated carbocycles. The lowest BCUT2D eigenvalue weighted by atomic mass is 9.79. The number of methoxy groups -OCH3 is 1. The van der Waals surface area contributed by atoms with E-state index < -0.39 is 12.1 Å². The lowest BCUT2D eigenvalue weighted by Gasteiger charge is -2.30. The van der Waals surface area contributed by atoms with Crippen LogP contribution in [0, 0.1) is 11.8 Å². The van der Waals surface area contributed by atoms with Crippen molar-refractivity contribution in [1.82, 2.24) is 0 Å². The number of alkyl halides is 3. The largest absolute Gasteiger partial charge is 0.391 e. The van der Waals surface area contributed by atoms with Crippen LogP contribution in [0.4, 0.5) is 13.2 Å². The fourth-order valence-electron chi connectivity index (χ4n) is 2.37. The zero-order chi connectivity index (χ0) is 11.3. The lowest BCUT2D eigenvalue weighted by Crippen LogP contribution is -2.28. The van der Waals surface area contributed by atoms with Crippen LogP contribution in [0.15, 0.2) is 0 Å². The van der Waals surface area contributed by atoms with Gasteiger partial charge in [0, 0.05) is 13.7 Å². The van der Waals surface area contributed by atoms with E-state index in [1.54, 1.807) is 7.11 Å². The normalized spacial score (nSPS) is 28.0. The van der Waals surface area contributed by atoms with Gasteiger partial charge in [-0.05, 0) is 31.6 Å². The molecule has 0 radical (unpaired) electrons. The Kier molecular flexibility index (Phi) is 4.90. The van der Waals surface area contributed by atoms with Gasteiger partial charge in [-0.25, -0.2) is 0 Å². The first-order chi connectivity index (χ1) is 7.04. The first-order valence-electron chi connectivity index (χ1n) is 5.59. The topological polar surface area (TPSA) is 9.23 Å². The fraction of sp³-hybridized carbons (Fsp3) is 1.00. The van der Waals surface area contributed by atoms with Gasteiger partial charge in [-0.1, -0.05) is 12.8 Å². The molecule has 0 aromatic rings. The van der Waals surface area contributed by atoms with Crippen molar-refractivity contribution in [2.45, 2.75) is 44.7 Å². The van der Waals surface area contributed by atoms with Crippen LogP contribution in [-0.4, -0.2) is 19.9 Å². The summed E-state index contributed by atoms with van der Waals surface area (Å²) in [5, 5.41) is 0. The molecule has 1 aliphatic rings. The summed E-state index contributed by atoms with van der Waals surface area (Å²) in [6, 6.07) is 0. The number of halogens is 3. The van der Waals surface area contributed by atoms with Crippen molar-refractivity contribution in [3.63, 3.8) is 0 Å². The molecular formula is C11H19F3O. The van der Waals surface area contributed by atoms with Crippen LogP contribution in [-0.2, 0) is 4.74 Å². The van der Waals surface area contributed by atoms with Crippen LogP contribution in [0.3, 0.4) is 0 Å². The SMILES string of the molecule is COCCCC1CCCC(C(F)(F)F)C1. The maximum Gasteiger partial charge on any atom is 0.391 e. The molecule has 1 aliphatic carbocycles. The summed E-state index contributed by atoms with van der Waals surface area (Å²) in [5.74, 6) is -0.806. The van der Waals surface area contributed by atoms with E-state index >= 15 is 0 Å². The second-order valence-corrected chi connectivity index (χ2v) is 4.41. The smallest absolute Gasteiger partial charge is 0.385 e. The minimum Gasteiger partial charge on any atom is -0.385 e. The van der Waals surface area contributed by atoms with Crippen molar-refractivity contribution < 1.29 is 17.9 Å². The molecule has 2 unspecified atom stereocenters. The van der Waals surface area contributed by atoms with Crippen molar-refractivity contribution in [3.8, 4) is 0 Å². The molecule has 2 atom stereocenters. The summed E-state index contributed by atoms with van der Waals surface area (Å²) in [6.45, 7) is 0.660. The van der Waals surface area contributed by atoms with Crippen molar-refractivity contribution in [3.05, 3.63) is 0 Å². The summed E-state index contributed by atoms with van der Waals surface area (Å²) < 4.78 is 42.3. The van der Waals surface area contributed by atoms with Crippen molar-refractivity contribution in [2.75, 3.05) is 13.7 Å². The predicted octanol–water partition coefficient (Wildman–Crippen LogP) is 3.78. The molecule has 0 amide bonds. The molecule has 0 bridgehead atoms. The van der Waals surface area contributed by atoms with E-state index in [1.165, 1.54) is 0 Å². The van der Waals surface area contributed by atoms with Gasteiger partial charge in [-0.2, -0.15) is 13.2 Å². The number of rotatable bonds is 4. The van der Waals surface area contributed by atoms with Crippen LogP contribution in [0.25, 0.3) is 0 Å². The maximum atomic E-state index is 12.5. The van der Waals surface area contributed by atoms with Crippen LogP contribution in [0.1, 0.15) is 38.5 Å². The maximum absolute atomic E-state index is 12.5. The zero-order valence-electron chi connectivity index (χ0n) is 9.15. The third-order valence-electron chi connectivity index (χ3n) is 3.21. The third-order valence-corrected chi connectivity index (χ3v) is 3.21. The van der Waals surface area contributed by atoms with Crippen molar-refractivity contribution >= 4 is 0 Å². The van der Waals surface area contributed by atoms with Gasteiger partial charge in [0.15, 0.2) is 0 Å². The molecular weight excluding hydrogens is 205 g/mol.